The molecule has 0 heterocycles. The van der Waals surface area contributed by atoms with Gasteiger partial charge in [0.2, 0.25) is 0 Å². The minimum absolute atomic E-state index is 0.213. The Morgan fingerprint density at radius 2 is 1.79 bits per heavy atom. The summed E-state index contributed by atoms with van der Waals surface area (Å²) >= 11 is 0. The van der Waals surface area contributed by atoms with Crippen molar-refractivity contribution in [2.24, 2.45) is 0 Å². The fourth-order valence-electron chi connectivity index (χ4n) is 3.11. The number of nitrogens with zero attached hydrogens (tertiary/aromatic N) is 2. The molecule has 1 saturated carbocycles. The Morgan fingerprint density at radius 1 is 1.16 bits per heavy atom. The molecule has 2 heteroatoms. The van der Waals surface area contributed by atoms with Gasteiger partial charge in [-0.05, 0) is 44.0 Å². The van der Waals surface area contributed by atoms with E-state index in [4.69, 9.17) is 5.26 Å². The largest absolute Gasteiger partial charge is 0.301 e. The molecule has 0 amide bonds. The Bertz CT molecular complexity index is 422. The van der Waals surface area contributed by atoms with Gasteiger partial charge in [0, 0.05) is 6.04 Å². The summed E-state index contributed by atoms with van der Waals surface area (Å²) in [6.45, 7) is 0. The van der Waals surface area contributed by atoms with Gasteiger partial charge in [0.05, 0.1) is 12.5 Å². The Hall–Kier alpha value is -1.33. The monoisotopic (exact) mass is 256 g/mol. The lowest BCUT2D eigenvalue weighted by atomic mass is 9.83. The summed E-state index contributed by atoms with van der Waals surface area (Å²) in [6.07, 6.45) is 7.39. The van der Waals surface area contributed by atoms with Crippen LogP contribution in [0, 0.1) is 11.3 Å². The van der Waals surface area contributed by atoms with Gasteiger partial charge in [0.15, 0.2) is 0 Å². The summed E-state index contributed by atoms with van der Waals surface area (Å²) in [5.74, 6) is 0.761. The van der Waals surface area contributed by atoms with E-state index >= 15 is 0 Å². The standard InChI is InChI=1S/C17H24N2/c1-19(2)17(12-13-18)16-10-8-15(9-11-16)14-6-4-3-5-7-14/h8-11,14,17H,3-7,12H2,1-2H3. The van der Waals surface area contributed by atoms with Crippen LogP contribution >= 0.6 is 0 Å². The molecule has 0 radical (unpaired) electrons. The third-order valence-corrected chi connectivity index (χ3v) is 4.31. The lowest BCUT2D eigenvalue weighted by Crippen LogP contribution is -2.19. The molecule has 1 unspecified atom stereocenters. The summed E-state index contributed by atoms with van der Waals surface area (Å²) in [5.41, 5.74) is 2.74. The van der Waals surface area contributed by atoms with Gasteiger partial charge < -0.3 is 4.90 Å². The van der Waals surface area contributed by atoms with Crippen LogP contribution in [0.3, 0.4) is 0 Å². The minimum Gasteiger partial charge on any atom is -0.301 e. The maximum Gasteiger partial charge on any atom is 0.0641 e. The molecular formula is C17H24N2. The maximum atomic E-state index is 8.93. The number of nitriles is 1. The van der Waals surface area contributed by atoms with E-state index in [0.29, 0.717) is 6.42 Å². The van der Waals surface area contributed by atoms with Gasteiger partial charge in [-0.25, -0.2) is 0 Å². The molecule has 0 saturated heterocycles. The van der Waals surface area contributed by atoms with Crippen LogP contribution in [-0.4, -0.2) is 19.0 Å². The van der Waals surface area contributed by atoms with Gasteiger partial charge >= 0.3 is 0 Å². The first-order valence-electron chi connectivity index (χ1n) is 7.35. The van der Waals surface area contributed by atoms with Gasteiger partial charge in [-0.1, -0.05) is 43.5 Å². The van der Waals surface area contributed by atoms with Crippen molar-refractivity contribution in [3.05, 3.63) is 35.4 Å². The zero-order valence-corrected chi connectivity index (χ0v) is 12.1. The zero-order chi connectivity index (χ0) is 13.7. The summed E-state index contributed by atoms with van der Waals surface area (Å²) in [4.78, 5) is 2.12. The van der Waals surface area contributed by atoms with Crippen molar-refractivity contribution < 1.29 is 0 Å². The van der Waals surface area contributed by atoms with Gasteiger partial charge in [0.25, 0.3) is 0 Å². The van der Waals surface area contributed by atoms with Crippen molar-refractivity contribution in [2.45, 2.75) is 50.5 Å². The normalized spacial score (nSPS) is 18.2. The average Bonchev–Trinajstić information content (AvgIpc) is 2.46. The SMILES string of the molecule is CN(C)C(CC#N)c1ccc(C2CCCCC2)cc1. The molecule has 2 rings (SSSR count). The van der Waals surface area contributed by atoms with Crippen molar-refractivity contribution >= 4 is 0 Å². The molecule has 0 bridgehead atoms. The first kappa shape index (κ1) is 14.1. The molecule has 2 nitrogen and oxygen atoms in total. The van der Waals surface area contributed by atoms with E-state index in [0.717, 1.165) is 5.92 Å². The molecule has 19 heavy (non-hydrogen) atoms. The second kappa shape index (κ2) is 6.73. The average molecular weight is 256 g/mol. The van der Waals surface area contributed by atoms with Crippen LogP contribution in [0.15, 0.2) is 24.3 Å². The van der Waals surface area contributed by atoms with E-state index in [1.807, 2.05) is 14.1 Å². The van der Waals surface area contributed by atoms with Gasteiger partial charge in [-0.3, -0.25) is 0 Å². The summed E-state index contributed by atoms with van der Waals surface area (Å²) in [7, 11) is 4.08. The Morgan fingerprint density at radius 3 is 2.32 bits per heavy atom. The highest BCUT2D eigenvalue weighted by Gasteiger charge is 2.17. The molecule has 1 aliphatic rings. The summed E-state index contributed by atoms with van der Waals surface area (Å²) in [5, 5.41) is 8.93. The van der Waals surface area contributed by atoms with Crippen LogP contribution in [0.4, 0.5) is 0 Å². The molecular weight excluding hydrogens is 232 g/mol. The minimum atomic E-state index is 0.213. The smallest absolute Gasteiger partial charge is 0.0641 e. The lowest BCUT2D eigenvalue weighted by molar-refractivity contribution is 0.303. The second-order valence-electron chi connectivity index (χ2n) is 5.84. The third-order valence-electron chi connectivity index (χ3n) is 4.31. The van der Waals surface area contributed by atoms with Gasteiger partial charge in [-0.15, -0.1) is 0 Å². The van der Waals surface area contributed by atoms with E-state index in [9.17, 15) is 0 Å². The molecule has 0 N–H and O–H groups in total. The third kappa shape index (κ3) is 3.58. The fraction of sp³-hybridized carbons (Fsp3) is 0.588. The molecule has 1 aromatic rings. The highest BCUT2D eigenvalue weighted by molar-refractivity contribution is 5.28. The molecule has 1 aliphatic carbocycles. The van der Waals surface area contributed by atoms with Crippen LogP contribution in [0.1, 0.15) is 61.6 Å². The van der Waals surface area contributed by atoms with Crippen LogP contribution in [0.5, 0.6) is 0 Å². The highest BCUT2D eigenvalue weighted by Crippen LogP contribution is 2.33. The molecule has 0 aromatic heterocycles. The Balaban J connectivity index is 2.10. The van der Waals surface area contributed by atoms with Gasteiger partial charge in [-0.2, -0.15) is 5.26 Å². The fourth-order valence-corrected chi connectivity index (χ4v) is 3.11. The van der Waals surface area contributed by atoms with E-state index < -0.39 is 0 Å². The van der Waals surface area contributed by atoms with Crippen molar-refractivity contribution in [1.29, 1.82) is 5.26 Å². The molecule has 0 spiro atoms. The zero-order valence-electron chi connectivity index (χ0n) is 12.1. The van der Waals surface area contributed by atoms with E-state index in [1.54, 1.807) is 0 Å². The predicted molar refractivity (Wildman–Crippen MR) is 78.9 cm³/mol. The highest BCUT2D eigenvalue weighted by atomic mass is 15.1. The second-order valence-corrected chi connectivity index (χ2v) is 5.84. The number of hydrogen-bond donors (Lipinski definition) is 0. The predicted octanol–water partition coefficient (Wildman–Crippen LogP) is 4.25. The van der Waals surface area contributed by atoms with Crippen LogP contribution < -0.4 is 0 Å². The molecule has 1 atom stereocenters. The van der Waals surface area contributed by atoms with Crippen molar-refractivity contribution in [3.63, 3.8) is 0 Å². The van der Waals surface area contributed by atoms with Crippen molar-refractivity contribution in [3.8, 4) is 6.07 Å². The number of rotatable bonds is 4. The molecule has 102 valence electrons. The van der Waals surface area contributed by atoms with Crippen LogP contribution in [-0.2, 0) is 0 Å². The number of benzene rings is 1. The summed E-state index contributed by atoms with van der Waals surface area (Å²) < 4.78 is 0. The van der Waals surface area contributed by atoms with E-state index in [-0.39, 0.29) is 6.04 Å². The Labute approximate surface area is 117 Å². The lowest BCUT2D eigenvalue weighted by Gasteiger charge is -2.25. The van der Waals surface area contributed by atoms with Gasteiger partial charge in [0.1, 0.15) is 0 Å². The maximum absolute atomic E-state index is 8.93. The van der Waals surface area contributed by atoms with E-state index in [2.05, 4.69) is 35.2 Å². The first-order valence-corrected chi connectivity index (χ1v) is 7.35. The molecule has 0 aliphatic heterocycles. The topological polar surface area (TPSA) is 27.0 Å². The van der Waals surface area contributed by atoms with Crippen molar-refractivity contribution in [1.82, 2.24) is 4.90 Å². The Kier molecular flexibility index (Phi) is 4.99. The quantitative estimate of drug-likeness (QED) is 0.805. The first-order chi connectivity index (χ1) is 9.22. The summed E-state index contributed by atoms with van der Waals surface area (Å²) in [6, 6.07) is 11.5. The van der Waals surface area contributed by atoms with Crippen LogP contribution in [0.25, 0.3) is 0 Å². The molecule has 1 aromatic carbocycles. The molecule has 1 fully saturated rings. The number of hydrogen-bond acceptors (Lipinski definition) is 2. The van der Waals surface area contributed by atoms with Crippen LogP contribution in [0.2, 0.25) is 0 Å². The van der Waals surface area contributed by atoms with Crippen molar-refractivity contribution in [2.75, 3.05) is 14.1 Å². The van der Waals surface area contributed by atoms with E-state index in [1.165, 1.54) is 43.2 Å².